The second-order valence-electron chi connectivity index (χ2n) is 5.92. The Kier molecular flexibility index (Phi) is 5.62. The lowest BCUT2D eigenvalue weighted by Gasteiger charge is -2.28. The van der Waals surface area contributed by atoms with Crippen LogP contribution >= 0.6 is 0 Å². The third kappa shape index (κ3) is 4.70. The van der Waals surface area contributed by atoms with Gasteiger partial charge >= 0.3 is 0 Å². The molecule has 112 valence electrons. The van der Waals surface area contributed by atoms with Crippen LogP contribution in [-0.2, 0) is 10.2 Å². The number of hydrogen-bond acceptors (Lipinski definition) is 3. The van der Waals surface area contributed by atoms with E-state index in [1.54, 1.807) is 4.31 Å². The lowest BCUT2D eigenvalue weighted by atomic mass is 9.96. The minimum atomic E-state index is -3.26. The average Bonchev–Trinajstić information content (AvgIpc) is 2.67. The summed E-state index contributed by atoms with van der Waals surface area (Å²) < 4.78 is 28.9. The Morgan fingerprint density at radius 3 is 2.42 bits per heavy atom. The van der Waals surface area contributed by atoms with E-state index < -0.39 is 10.2 Å². The Hall–Kier alpha value is -0.170. The van der Waals surface area contributed by atoms with Crippen molar-refractivity contribution in [2.24, 2.45) is 5.92 Å². The molecule has 0 amide bonds. The molecule has 2 rings (SSSR count). The normalized spacial score (nSPS) is 31.0. The fourth-order valence-corrected chi connectivity index (χ4v) is 4.20. The highest BCUT2D eigenvalue weighted by molar-refractivity contribution is 7.87. The summed E-state index contributed by atoms with van der Waals surface area (Å²) in [7, 11) is -3.26. The van der Waals surface area contributed by atoms with Crippen LogP contribution in [0.2, 0.25) is 0 Å². The van der Waals surface area contributed by atoms with Gasteiger partial charge in [0.1, 0.15) is 0 Å². The molecule has 2 atom stereocenters. The number of nitrogens with zero attached hydrogens (tertiary/aromatic N) is 1. The summed E-state index contributed by atoms with van der Waals surface area (Å²) in [6, 6.07) is 0.568. The number of piperidine rings is 1. The fourth-order valence-electron chi connectivity index (χ4n) is 2.83. The number of rotatable bonds is 4. The van der Waals surface area contributed by atoms with Crippen molar-refractivity contribution in [2.75, 3.05) is 26.2 Å². The monoisotopic (exact) mass is 289 g/mol. The van der Waals surface area contributed by atoms with Gasteiger partial charge in [-0.1, -0.05) is 12.8 Å². The van der Waals surface area contributed by atoms with Crippen molar-refractivity contribution in [2.45, 2.75) is 51.5 Å². The highest BCUT2D eigenvalue weighted by Gasteiger charge is 2.25. The van der Waals surface area contributed by atoms with Crippen LogP contribution in [-0.4, -0.2) is 44.9 Å². The van der Waals surface area contributed by atoms with Gasteiger partial charge < -0.3 is 5.32 Å². The third-order valence-corrected chi connectivity index (χ3v) is 5.80. The molecule has 0 saturated carbocycles. The summed E-state index contributed by atoms with van der Waals surface area (Å²) in [4.78, 5) is 0. The quantitative estimate of drug-likeness (QED) is 0.814. The molecule has 2 aliphatic rings. The van der Waals surface area contributed by atoms with E-state index in [-0.39, 0.29) is 0 Å². The van der Waals surface area contributed by atoms with E-state index >= 15 is 0 Å². The molecule has 19 heavy (non-hydrogen) atoms. The lowest BCUT2D eigenvalue weighted by Crippen LogP contribution is -2.46. The van der Waals surface area contributed by atoms with Crippen LogP contribution in [0.15, 0.2) is 0 Å². The van der Waals surface area contributed by atoms with Crippen molar-refractivity contribution >= 4 is 10.2 Å². The van der Waals surface area contributed by atoms with Gasteiger partial charge in [0.25, 0.3) is 10.2 Å². The first-order valence-corrected chi connectivity index (χ1v) is 9.00. The molecule has 2 N–H and O–H groups in total. The van der Waals surface area contributed by atoms with E-state index in [9.17, 15) is 8.42 Å². The zero-order valence-corrected chi connectivity index (χ0v) is 12.7. The maximum absolute atomic E-state index is 12.2. The highest BCUT2D eigenvalue weighted by atomic mass is 32.2. The van der Waals surface area contributed by atoms with Crippen LogP contribution in [0.1, 0.15) is 45.4 Å². The van der Waals surface area contributed by atoms with Gasteiger partial charge in [-0.15, -0.1) is 0 Å². The van der Waals surface area contributed by atoms with Crippen LogP contribution in [0.25, 0.3) is 0 Å². The van der Waals surface area contributed by atoms with E-state index in [1.807, 2.05) is 0 Å². The van der Waals surface area contributed by atoms with Crippen molar-refractivity contribution in [3.05, 3.63) is 0 Å². The van der Waals surface area contributed by atoms with E-state index in [4.69, 9.17) is 0 Å². The molecule has 2 aliphatic heterocycles. The predicted octanol–water partition coefficient (Wildman–Crippen LogP) is 1.08. The molecular weight excluding hydrogens is 262 g/mol. The highest BCUT2D eigenvalue weighted by Crippen LogP contribution is 2.15. The third-order valence-electron chi connectivity index (χ3n) is 4.22. The number of nitrogens with one attached hydrogen (secondary N) is 2. The molecule has 2 fully saturated rings. The number of hydrogen-bond donors (Lipinski definition) is 2. The van der Waals surface area contributed by atoms with Gasteiger partial charge in [-0.25, -0.2) is 4.72 Å². The van der Waals surface area contributed by atoms with Crippen molar-refractivity contribution in [1.29, 1.82) is 0 Å². The molecule has 0 radical (unpaired) electrons. The summed E-state index contributed by atoms with van der Waals surface area (Å²) in [5.41, 5.74) is 0. The summed E-state index contributed by atoms with van der Waals surface area (Å²) in [6.07, 6.45) is 6.52. The summed E-state index contributed by atoms with van der Waals surface area (Å²) in [5, 5.41) is 3.41. The van der Waals surface area contributed by atoms with Gasteiger partial charge in [0.2, 0.25) is 0 Å². The molecule has 0 aromatic carbocycles. The SMILES string of the molecule is CC1CCC(CNS(=O)(=O)N2CCCCCC2)CN1. The Morgan fingerprint density at radius 1 is 1.16 bits per heavy atom. The topological polar surface area (TPSA) is 61.4 Å². The summed E-state index contributed by atoms with van der Waals surface area (Å²) >= 11 is 0. The van der Waals surface area contributed by atoms with Crippen molar-refractivity contribution < 1.29 is 8.42 Å². The van der Waals surface area contributed by atoms with Gasteiger partial charge in [-0.3, -0.25) is 0 Å². The smallest absolute Gasteiger partial charge is 0.279 e. The fraction of sp³-hybridized carbons (Fsp3) is 1.00. The first kappa shape index (κ1) is 15.2. The van der Waals surface area contributed by atoms with Gasteiger partial charge in [0.15, 0.2) is 0 Å². The van der Waals surface area contributed by atoms with Gasteiger partial charge in [0.05, 0.1) is 0 Å². The molecule has 0 bridgehead atoms. The van der Waals surface area contributed by atoms with Crippen LogP contribution in [0.5, 0.6) is 0 Å². The van der Waals surface area contributed by atoms with E-state index in [1.165, 1.54) is 0 Å². The Morgan fingerprint density at radius 2 is 1.84 bits per heavy atom. The van der Waals surface area contributed by atoms with E-state index in [0.29, 0.717) is 31.6 Å². The van der Waals surface area contributed by atoms with Crippen molar-refractivity contribution in [1.82, 2.24) is 14.3 Å². The molecule has 6 heteroatoms. The zero-order chi connectivity index (χ0) is 13.7. The van der Waals surface area contributed by atoms with E-state index in [2.05, 4.69) is 17.0 Å². The molecule has 5 nitrogen and oxygen atoms in total. The molecule has 2 unspecified atom stereocenters. The maximum atomic E-state index is 12.2. The minimum absolute atomic E-state index is 0.429. The second kappa shape index (κ2) is 7.02. The summed E-state index contributed by atoms with van der Waals surface area (Å²) in [5.74, 6) is 0.429. The standard InChI is InChI=1S/C13H27N3O2S/c1-12-6-7-13(10-14-12)11-15-19(17,18)16-8-4-2-3-5-9-16/h12-15H,2-11H2,1H3. The molecule has 0 aromatic rings. The van der Waals surface area contributed by atoms with Crippen LogP contribution < -0.4 is 10.0 Å². The molecule has 0 spiro atoms. The van der Waals surface area contributed by atoms with Gasteiger partial charge in [-0.05, 0) is 45.1 Å². The Bertz CT molecular complexity index is 356. The van der Waals surface area contributed by atoms with E-state index in [0.717, 1.165) is 45.1 Å². The average molecular weight is 289 g/mol. The first-order chi connectivity index (χ1) is 9.08. The predicted molar refractivity (Wildman–Crippen MR) is 77.2 cm³/mol. The molecule has 0 aliphatic carbocycles. The Balaban J connectivity index is 1.79. The van der Waals surface area contributed by atoms with Crippen LogP contribution in [0.3, 0.4) is 0 Å². The minimum Gasteiger partial charge on any atom is -0.314 e. The molecule has 0 aromatic heterocycles. The maximum Gasteiger partial charge on any atom is 0.279 e. The lowest BCUT2D eigenvalue weighted by molar-refractivity contribution is 0.319. The van der Waals surface area contributed by atoms with Gasteiger partial charge in [-0.2, -0.15) is 12.7 Å². The van der Waals surface area contributed by atoms with Crippen molar-refractivity contribution in [3.63, 3.8) is 0 Å². The van der Waals surface area contributed by atoms with Crippen LogP contribution in [0, 0.1) is 5.92 Å². The second-order valence-corrected chi connectivity index (χ2v) is 7.67. The molecule has 2 heterocycles. The van der Waals surface area contributed by atoms with Crippen LogP contribution in [0.4, 0.5) is 0 Å². The zero-order valence-electron chi connectivity index (χ0n) is 11.9. The largest absolute Gasteiger partial charge is 0.314 e. The first-order valence-electron chi connectivity index (χ1n) is 7.56. The molecular formula is C13H27N3O2S. The van der Waals surface area contributed by atoms with Crippen molar-refractivity contribution in [3.8, 4) is 0 Å². The molecule has 2 saturated heterocycles. The summed E-state index contributed by atoms with van der Waals surface area (Å²) in [6.45, 7) is 5.02. The Labute approximate surface area is 117 Å². The van der Waals surface area contributed by atoms with Gasteiger partial charge in [0, 0.05) is 25.7 Å².